The minimum atomic E-state index is 0.584. The van der Waals surface area contributed by atoms with Crippen LogP contribution >= 0.6 is 50.9 Å². The second kappa shape index (κ2) is 8.66. The van der Waals surface area contributed by atoms with Crippen molar-refractivity contribution in [1.29, 1.82) is 0 Å². The fourth-order valence-electron chi connectivity index (χ4n) is 2.68. The van der Waals surface area contributed by atoms with Crippen LogP contribution in [-0.4, -0.2) is 19.7 Å². The van der Waals surface area contributed by atoms with E-state index >= 15 is 0 Å². The summed E-state index contributed by atoms with van der Waals surface area (Å²) >= 11 is 17.6. The van der Waals surface area contributed by atoms with Crippen molar-refractivity contribution in [3.63, 3.8) is 0 Å². The van der Waals surface area contributed by atoms with E-state index in [4.69, 9.17) is 23.2 Å². The Bertz CT molecular complexity index is 1080. The summed E-state index contributed by atoms with van der Waals surface area (Å²) < 4.78 is 3.02. The van der Waals surface area contributed by atoms with Gasteiger partial charge in [-0.1, -0.05) is 57.0 Å². The Hall–Kier alpha value is -1.86. The van der Waals surface area contributed by atoms with Crippen molar-refractivity contribution in [2.45, 2.75) is 10.9 Å². The fourth-order valence-corrected chi connectivity index (χ4v) is 4.63. The van der Waals surface area contributed by atoms with Gasteiger partial charge < -0.3 is 0 Å². The molecule has 0 N–H and O–H groups in total. The highest BCUT2D eigenvalue weighted by atomic mass is 79.9. The molecule has 0 amide bonds. The lowest BCUT2D eigenvalue weighted by Crippen LogP contribution is -2.00. The number of thioether (sulfide) groups is 1. The Kier molecular flexibility index (Phi) is 6.01. The maximum Gasteiger partial charge on any atom is 0.196 e. The SMILES string of the molecule is Clc1cccc(Cl)c1CSc1nnc(-c2cccnc2)n1-c1ccc(Br)cc1. The minimum absolute atomic E-state index is 0.584. The van der Waals surface area contributed by atoms with E-state index in [1.807, 2.05) is 59.2 Å². The zero-order valence-corrected chi connectivity index (χ0v) is 18.3. The summed E-state index contributed by atoms with van der Waals surface area (Å²) in [4.78, 5) is 4.21. The standard InChI is InChI=1S/C20H13BrCl2N4S/c21-14-6-8-15(9-7-14)27-19(13-3-2-10-24-11-13)25-26-20(27)28-12-16-17(22)4-1-5-18(16)23/h1-11H,12H2. The lowest BCUT2D eigenvalue weighted by atomic mass is 10.2. The first-order valence-corrected chi connectivity index (χ1v) is 10.8. The number of rotatable bonds is 5. The molecule has 0 bridgehead atoms. The van der Waals surface area contributed by atoms with Gasteiger partial charge in [-0.15, -0.1) is 10.2 Å². The molecule has 0 radical (unpaired) electrons. The van der Waals surface area contributed by atoms with Crippen LogP contribution in [0.2, 0.25) is 10.0 Å². The van der Waals surface area contributed by atoms with Crippen LogP contribution in [0.15, 0.2) is 76.6 Å². The molecule has 0 aliphatic rings. The van der Waals surface area contributed by atoms with E-state index in [0.717, 1.165) is 32.3 Å². The first-order valence-electron chi connectivity index (χ1n) is 8.31. The van der Waals surface area contributed by atoms with Crippen LogP contribution < -0.4 is 0 Å². The smallest absolute Gasteiger partial charge is 0.196 e. The Balaban J connectivity index is 1.75. The molecule has 28 heavy (non-hydrogen) atoms. The molecule has 0 aliphatic heterocycles. The van der Waals surface area contributed by atoms with Crippen LogP contribution in [-0.2, 0) is 5.75 Å². The predicted octanol–water partition coefficient (Wildman–Crippen LogP) is 6.69. The summed E-state index contributed by atoms with van der Waals surface area (Å²) in [6.07, 6.45) is 3.51. The Morgan fingerprint density at radius 1 is 0.929 bits per heavy atom. The van der Waals surface area contributed by atoms with Crippen LogP contribution in [0.5, 0.6) is 0 Å². The van der Waals surface area contributed by atoms with Gasteiger partial charge in [-0.2, -0.15) is 0 Å². The molecular weight excluding hydrogens is 479 g/mol. The number of halogens is 3. The molecule has 0 unspecified atom stereocenters. The third kappa shape index (κ3) is 4.10. The highest BCUT2D eigenvalue weighted by Gasteiger charge is 2.17. The third-order valence-corrected chi connectivity index (χ3v) is 6.24. The van der Waals surface area contributed by atoms with E-state index in [9.17, 15) is 0 Å². The van der Waals surface area contributed by atoms with Crippen molar-refractivity contribution in [2.24, 2.45) is 0 Å². The normalized spacial score (nSPS) is 11.0. The maximum atomic E-state index is 6.32. The van der Waals surface area contributed by atoms with Gasteiger partial charge in [0.1, 0.15) is 0 Å². The fraction of sp³-hybridized carbons (Fsp3) is 0.0500. The molecule has 0 spiro atoms. The molecule has 0 saturated heterocycles. The summed E-state index contributed by atoms with van der Waals surface area (Å²) in [7, 11) is 0. The largest absolute Gasteiger partial charge is 0.270 e. The Labute approximate surface area is 185 Å². The molecule has 0 saturated carbocycles. The Morgan fingerprint density at radius 3 is 2.36 bits per heavy atom. The van der Waals surface area contributed by atoms with Crippen molar-refractivity contribution < 1.29 is 0 Å². The topological polar surface area (TPSA) is 43.6 Å². The zero-order valence-electron chi connectivity index (χ0n) is 14.4. The van der Waals surface area contributed by atoms with Crippen molar-refractivity contribution in [2.75, 3.05) is 0 Å². The number of hydrogen-bond acceptors (Lipinski definition) is 4. The van der Waals surface area contributed by atoms with E-state index in [1.165, 1.54) is 11.8 Å². The molecule has 8 heteroatoms. The molecule has 4 rings (SSSR count). The van der Waals surface area contributed by atoms with E-state index in [0.29, 0.717) is 15.8 Å². The molecular formula is C20H13BrCl2N4S. The monoisotopic (exact) mass is 490 g/mol. The summed E-state index contributed by atoms with van der Waals surface area (Å²) in [6.45, 7) is 0. The summed E-state index contributed by atoms with van der Waals surface area (Å²) in [5.41, 5.74) is 2.73. The van der Waals surface area contributed by atoms with Crippen LogP contribution in [0.4, 0.5) is 0 Å². The van der Waals surface area contributed by atoms with Gasteiger partial charge in [-0.25, -0.2) is 0 Å². The number of aromatic nitrogens is 4. The molecule has 4 aromatic rings. The van der Waals surface area contributed by atoms with E-state index in [-0.39, 0.29) is 0 Å². The number of nitrogens with zero attached hydrogens (tertiary/aromatic N) is 4. The van der Waals surface area contributed by atoms with E-state index < -0.39 is 0 Å². The van der Waals surface area contributed by atoms with Crippen LogP contribution in [0.3, 0.4) is 0 Å². The quantitative estimate of drug-likeness (QED) is 0.291. The second-order valence-electron chi connectivity index (χ2n) is 5.85. The summed E-state index contributed by atoms with van der Waals surface area (Å²) in [5.74, 6) is 1.31. The molecule has 2 aromatic heterocycles. The third-order valence-electron chi connectivity index (χ3n) is 4.05. The number of hydrogen-bond donors (Lipinski definition) is 0. The second-order valence-corrected chi connectivity index (χ2v) is 8.52. The van der Waals surface area contributed by atoms with Gasteiger partial charge in [-0.05, 0) is 54.1 Å². The van der Waals surface area contributed by atoms with Gasteiger partial charge in [-0.3, -0.25) is 9.55 Å². The maximum absolute atomic E-state index is 6.32. The Morgan fingerprint density at radius 2 is 1.68 bits per heavy atom. The average molecular weight is 492 g/mol. The van der Waals surface area contributed by atoms with Crippen LogP contribution in [0.25, 0.3) is 17.1 Å². The number of pyridine rings is 1. The van der Waals surface area contributed by atoms with Crippen molar-refractivity contribution in [1.82, 2.24) is 19.7 Å². The number of benzene rings is 2. The van der Waals surface area contributed by atoms with E-state index in [1.54, 1.807) is 12.4 Å². The van der Waals surface area contributed by atoms with Crippen molar-refractivity contribution in [3.05, 3.63) is 87.1 Å². The molecule has 2 aromatic carbocycles. The van der Waals surface area contributed by atoms with Crippen LogP contribution in [0, 0.1) is 0 Å². The van der Waals surface area contributed by atoms with Gasteiger partial charge in [0, 0.05) is 43.9 Å². The molecule has 0 fully saturated rings. The van der Waals surface area contributed by atoms with E-state index in [2.05, 4.69) is 31.1 Å². The summed E-state index contributed by atoms with van der Waals surface area (Å²) in [6, 6.07) is 17.4. The lowest BCUT2D eigenvalue weighted by molar-refractivity contribution is 0.885. The first-order chi connectivity index (χ1) is 13.6. The van der Waals surface area contributed by atoms with Crippen molar-refractivity contribution >= 4 is 50.9 Å². The molecule has 0 aliphatic carbocycles. The molecule has 4 nitrogen and oxygen atoms in total. The molecule has 0 atom stereocenters. The summed E-state index contributed by atoms with van der Waals surface area (Å²) in [5, 5.41) is 10.9. The van der Waals surface area contributed by atoms with Crippen LogP contribution in [0.1, 0.15) is 5.56 Å². The van der Waals surface area contributed by atoms with Gasteiger partial charge in [0.05, 0.1) is 0 Å². The highest BCUT2D eigenvalue weighted by molar-refractivity contribution is 9.10. The molecule has 140 valence electrons. The minimum Gasteiger partial charge on any atom is -0.270 e. The van der Waals surface area contributed by atoms with Crippen molar-refractivity contribution in [3.8, 4) is 17.1 Å². The van der Waals surface area contributed by atoms with Gasteiger partial charge in [0.15, 0.2) is 11.0 Å². The first kappa shape index (κ1) is 19.5. The van der Waals surface area contributed by atoms with Gasteiger partial charge in [0.2, 0.25) is 0 Å². The highest BCUT2D eigenvalue weighted by Crippen LogP contribution is 2.34. The zero-order chi connectivity index (χ0) is 19.5. The average Bonchev–Trinajstić information content (AvgIpc) is 3.13. The lowest BCUT2D eigenvalue weighted by Gasteiger charge is -2.11. The molecule has 2 heterocycles. The van der Waals surface area contributed by atoms with Gasteiger partial charge >= 0.3 is 0 Å². The predicted molar refractivity (Wildman–Crippen MR) is 118 cm³/mol. The van der Waals surface area contributed by atoms with Gasteiger partial charge in [0.25, 0.3) is 0 Å².